The van der Waals surface area contributed by atoms with E-state index in [1.165, 1.54) is 62.2 Å². The van der Waals surface area contributed by atoms with Gasteiger partial charge in [0.2, 0.25) is 0 Å². The van der Waals surface area contributed by atoms with Gasteiger partial charge in [0.1, 0.15) is 0 Å². The van der Waals surface area contributed by atoms with E-state index in [0.29, 0.717) is 11.8 Å². The number of hydrogen-bond donors (Lipinski definition) is 0. The van der Waals surface area contributed by atoms with Crippen LogP contribution in [0.5, 0.6) is 0 Å². The maximum atomic E-state index is 5.43. The number of rotatable bonds is 6. The van der Waals surface area contributed by atoms with Gasteiger partial charge in [0.25, 0.3) is 0 Å². The SMILES string of the molecule is CC(C)c1cc(-c2ccccc2)cc(C(C)C)c1-n1c(-c2cccc3c2[te]c2cc(-c4ccccc4)ccc23)nc2ccccc21. The third-order valence-corrected chi connectivity index (χ3v) is 12.6. The third-order valence-electron chi connectivity index (χ3n) is 9.15. The van der Waals surface area contributed by atoms with Crippen LogP contribution in [0.2, 0.25) is 0 Å². The van der Waals surface area contributed by atoms with Crippen molar-refractivity contribution in [2.75, 3.05) is 0 Å². The van der Waals surface area contributed by atoms with Crippen LogP contribution in [-0.4, -0.2) is 30.0 Å². The summed E-state index contributed by atoms with van der Waals surface area (Å²) in [4.78, 5) is 5.43. The molecule has 2 aromatic heterocycles. The van der Waals surface area contributed by atoms with Gasteiger partial charge in [-0.2, -0.15) is 0 Å². The standard InChI is InChI=1S/C43H36N2Te/c1-27(2)36-24-32(30-16-9-6-10-17-30)25-37(28(3)4)41(36)45-39-21-12-11-20-38(39)44-43(45)35-19-13-18-34-33-23-22-31(26-40(33)46-42(34)35)29-14-7-5-8-15-29/h5-28H,1-4H3. The summed E-state index contributed by atoms with van der Waals surface area (Å²) in [5.41, 5.74) is 12.6. The summed E-state index contributed by atoms with van der Waals surface area (Å²) in [6.45, 7) is 9.29. The Kier molecular flexibility index (Phi) is 7.41. The van der Waals surface area contributed by atoms with Crippen molar-refractivity contribution < 1.29 is 0 Å². The van der Waals surface area contributed by atoms with Crippen LogP contribution in [-0.2, 0) is 0 Å². The monoisotopic (exact) mass is 710 g/mol. The molecule has 0 unspecified atom stereocenters. The zero-order valence-corrected chi connectivity index (χ0v) is 29.0. The number of hydrogen-bond acceptors (Lipinski definition) is 1. The molecule has 2 nitrogen and oxygen atoms in total. The Balaban J connectivity index is 1.42. The maximum absolute atomic E-state index is 5.43. The molecular weight excluding hydrogens is 672 g/mol. The number of aromatic nitrogens is 2. The normalized spacial score (nSPS) is 11.9. The van der Waals surface area contributed by atoms with Crippen LogP contribution in [0.3, 0.4) is 0 Å². The molecule has 0 N–H and O–H groups in total. The van der Waals surface area contributed by atoms with Gasteiger partial charge in [0.15, 0.2) is 0 Å². The fourth-order valence-electron chi connectivity index (χ4n) is 6.83. The van der Waals surface area contributed by atoms with E-state index in [2.05, 4.69) is 166 Å². The van der Waals surface area contributed by atoms with Crippen molar-refractivity contribution in [1.82, 2.24) is 9.55 Å². The summed E-state index contributed by atoms with van der Waals surface area (Å²) in [6.07, 6.45) is 0. The van der Waals surface area contributed by atoms with Crippen LogP contribution < -0.4 is 0 Å². The fourth-order valence-corrected chi connectivity index (χ4v) is 10.4. The molecule has 0 atom stereocenters. The predicted molar refractivity (Wildman–Crippen MR) is 198 cm³/mol. The Morgan fingerprint density at radius 1 is 0.543 bits per heavy atom. The zero-order chi connectivity index (χ0) is 31.4. The van der Waals surface area contributed by atoms with Crippen LogP contribution in [0, 0.1) is 0 Å². The first-order valence-corrected chi connectivity index (χ1v) is 18.5. The first kappa shape index (κ1) is 29.0. The van der Waals surface area contributed by atoms with Crippen molar-refractivity contribution in [3.05, 3.63) is 145 Å². The van der Waals surface area contributed by atoms with Crippen LogP contribution in [0.1, 0.15) is 50.7 Å². The summed E-state index contributed by atoms with van der Waals surface area (Å²) in [7, 11) is 0. The Hall–Kier alpha value is -4.42. The van der Waals surface area contributed by atoms with E-state index in [0.717, 1.165) is 16.9 Å². The summed E-state index contributed by atoms with van der Waals surface area (Å²) < 4.78 is 5.49. The molecule has 8 rings (SSSR count). The zero-order valence-electron chi connectivity index (χ0n) is 26.7. The van der Waals surface area contributed by atoms with Crippen LogP contribution >= 0.6 is 0 Å². The molecule has 0 saturated carbocycles. The summed E-state index contributed by atoms with van der Waals surface area (Å²) >= 11 is -0.632. The van der Waals surface area contributed by atoms with Crippen molar-refractivity contribution in [2.45, 2.75) is 39.5 Å². The van der Waals surface area contributed by atoms with Gasteiger partial charge < -0.3 is 0 Å². The van der Waals surface area contributed by atoms with Crippen LogP contribution in [0.4, 0.5) is 0 Å². The molecule has 6 aromatic carbocycles. The quantitative estimate of drug-likeness (QED) is 0.157. The van der Waals surface area contributed by atoms with E-state index >= 15 is 0 Å². The van der Waals surface area contributed by atoms with Gasteiger partial charge in [-0.15, -0.1) is 0 Å². The Labute approximate surface area is 280 Å². The van der Waals surface area contributed by atoms with Crippen molar-refractivity contribution >= 4 is 49.0 Å². The Morgan fingerprint density at radius 2 is 1.17 bits per heavy atom. The molecule has 0 amide bonds. The van der Waals surface area contributed by atoms with E-state index in [1.807, 2.05) is 0 Å². The summed E-state index contributed by atoms with van der Waals surface area (Å²) in [5, 5.41) is 2.76. The first-order valence-electron chi connectivity index (χ1n) is 16.2. The molecule has 0 bridgehead atoms. The number of para-hydroxylation sites is 2. The Bertz CT molecular complexity index is 2330. The average Bonchev–Trinajstić information content (AvgIpc) is 3.66. The topological polar surface area (TPSA) is 17.8 Å². The summed E-state index contributed by atoms with van der Waals surface area (Å²) in [6, 6.07) is 49.0. The van der Waals surface area contributed by atoms with Crippen molar-refractivity contribution in [1.29, 1.82) is 0 Å². The second-order valence-electron chi connectivity index (χ2n) is 12.8. The molecule has 0 aliphatic carbocycles. The average molecular weight is 708 g/mol. The van der Waals surface area contributed by atoms with Crippen molar-refractivity contribution in [3.63, 3.8) is 0 Å². The molecule has 0 fully saturated rings. The molecule has 3 heteroatoms. The molecule has 0 saturated heterocycles. The third kappa shape index (κ3) is 4.91. The Morgan fingerprint density at radius 3 is 1.85 bits per heavy atom. The van der Waals surface area contributed by atoms with E-state index in [4.69, 9.17) is 4.98 Å². The minimum atomic E-state index is -0.632. The van der Waals surface area contributed by atoms with Gasteiger partial charge in [0.05, 0.1) is 0 Å². The van der Waals surface area contributed by atoms with Gasteiger partial charge in [0, 0.05) is 0 Å². The number of imidazole rings is 1. The second-order valence-corrected chi connectivity index (χ2v) is 15.8. The second kappa shape index (κ2) is 11.7. The van der Waals surface area contributed by atoms with Gasteiger partial charge in [-0.25, -0.2) is 0 Å². The van der Waals surface area contributed by atoms with E-state index in [-0.39, 0.29) is 0 Å². The van der Waals surface area contributed by atoms with Gasteiger partial charge in [-0.05, 0) is 0 Å². The first-order chi connectivity index (χ1) is 22.5. The number of fused-ring (bicyclic) bond motifs is 4. The van der Waals surface area contributed by atoms with E-state index in [1.54, 1.807) is 0 Å². The predicted octanol–water partition coefficient (Wildman–Crippen LogP) is 11.6. The van der Waals surface area contributed by atoms with Gasteiger partial charge >= 0.3 is 282 Å². The molecule has 0 spiro atoms. The molecule has 2 heterocycles. The van der Waals surface area contributed by atoms with Crippen molar-refractivity contribution in [3.8, 4) is 39.3 Å². The van der Waals surface area contributed by atoms with Crippen molar-refractivity contribution in [2.24, 2.45) is 0 Å². The van der Waals surface area contributed by atoms with Gasteiger partial charge in [-0.3, -0.25) is 0 Å². The van der Waals surface area contributed by atoms with Crippen LogP contribution in [0.25, 0.3) is 67.9 Å². The van der Waals surface area contributed by atoms with E-state index in [9.17, 15) is 0 Å². The molecule has 0 aliphatic heterocycles. The summed E-state index contributed by atoms with van der Waals surface area (Å²) in [5.74, 6) is 1.72. The fraction of sp³-hybridized carbons (Fsp3) is 0.140. The number of benzene rings is 6. The molecular formula is C43H36N2Te. The van der Waals surface area contributed by atoms with E-state index < -0.39 is 20.4 Å². The molecule has 0 radical (unpaired) electrons. The minimum absolute atomic E-state index is 0.334. The molecule has 8 aromatic rings. The van der Waals surface area contributed by atoms with Crippen LogP contribution in [0.15, 0.2) is 133 Å². The molecule has 0 aliphatic rings. The number of nitrogens with zero attached hydrogens (tertiary/aromatic N) is 2. The molecule has 224 valence electrons. The molecule has 46 heavy (non-hydrogen) atoms. The van der Waals surface area contributed by atoms with Gasteiger partial charge in [-0.1, -0.05) is 0 Å².